The first kappa shape index (κ1) is 10.4. The molecule has 15 heavy (non-hydrogen) atoms. The van der Waals surface area contributed by atoms with Crippen LogP contribution in [-0.4, -0.2) is 41.9 Å². The predicted octanol–water partition coefficient (Wildman–Crippen LogP) is 0.823. The van der Waals surface area contributed by atoms with Crippen molar-refractivity contribution in [3.8, 4) is 0 Å². The van der Waals surface area contributed by atoms with Gasteiger partial charge in [0.2, 0.25) is 0 Å². The number of ether oxygens (including phenoxy) is 1. The Hall–Kier alpha value is -1.14. The highest BCUT2D eigenvalue weighted by Crippen LogP contribution is 2.20. The number of thiazole rings is 1. The summed E-state index contributed by atoms with van der Waals surface area (Å²) in [4.78, 5) is 16.8. The Bertz CT molecular complexity index is 328. The minimum absolute atomic E-state index is 0.0574. The minimum Gasteiger partial charge on any atom is -0.481 e. The highest BCUT2D eigenvalue weighted by Gasteiger charge is 2.23. The fourth-order valence-electron chi connectivity index (χ4n) is 1.58. The second-order valence-electron chi connectivity index (χ2n) is 3.35. The number of hydrogen-bond donors (Lipinski definition) is 1. The average molecular weight is 228 g/mol. The van der Waals surface area contributed by atoms with E-state index in [2.05, 4.69) is 9.88 Å². The number of rotatable bonds is 3. The molecule has 0 spiro atoms. The summed E-state index contributed by atoms with van der Waals surface area (Å²) in [5, 5.41) is 11.5. The van der Waals surface area contributed by atoms with E-state index in [0.29, 0.717) is 13.2 Å². The molecule has 1 N–H and O–H groups in total. The maximum absolute atomic E-state index is 10.5. The molecule has 0 aliphatic carbocycles. The van der Waals surface area contributed by atoms with E-state index in [1.54, 1.807) is 17.5 Å². The lowest BCUT2D eigenvalue weighted by atomic mass is 10.2. The highest BCUT2D eigenvalue weighted by atomic mass is 32.1. The molecule has 0 amide bonds. The Morgan fingerprint density at radius 3 is 3.33 bits per heavy atom. The molecule has 0 saturated carbocycles. The average Bonchev–Trinajstić information content (AvgIpc) is 2.69. The van der Waals surface area contributed by atoms with Crippen molar-refractivity contribution < 1.29 is 14.6 Å². The molecular weight excluding hydrogens is 216 g/mol. The van der Waals surface area contributed by atoms with Gasteiger partial charge in [0.05, 0.1) is 19.1 Å². The molecule has 1 aliphatic heterocycles. The first-order valence-corrected chi connectivity index (χ1v) is 5.61. The zero-order valence-electron chi connectivity index (χ0n) is 8.13. The van der Waals surface area contributed by atoms with E-state index >= 15 is 0 Å². The molecule has 2 rings (SSSR count). The van der Waals surface area contributed by atoms with Crippen LogP contribution in [0.15, 0.2) is 11.6 Å². The van der Waals surface area contributed by atoms with Crippen LogP contribution in [0.1, 0.15) is 6.42 Å². The van der Waals surface area contributed by atoms with Gasteiger partial charge in [0.1, 0.15) is 0 Å². The van der Waals surface area contributed by atoms with Crippen LogP contribution in [0.3, 0.4) is 0 Å². The van der Waals surface area contributed by atoms with Crippen LogP contribution in [0, 0.1) is 0 Å². The van der Waals surface area contributed by atoms with E-state index in [0.717, 1.165) is 11.7 Å². The number of carboxylic acid groups (broad SMARTS) is 1. The van der Waals surface area contributed by atoms with E-state index in [9.17, 15) is 4.79 Å². The molecule has 1 fully saturated rings. The first-order chi connectivity index (χ1) is 7.25. The van der Waals surface area contributed by atoms with Crippen molar-refractivity contribution in [2.75, 3.05) is 24.6 Å². The summed E-state index contributed by atoms with van der Waals surface area (Å²) in [7, 11) is 0. The molecule has 1 atom stereocenters. The van der Waals surface area contributed by atoms with Crippen molar-refractivity contribution in [1.82, 2.24) is 4.98 Å². The third-order valence-corrected chi connectivity index (χ3v) is 3.06. The van der Waals surface area contributed by atoms with Crippen LogP contribution in [0.25, 0.3) is 0 Å². The van der Waals surface area contributed by atoms with Gasteiger partial charge in [-0.15, -0.1) is 11.3 Å². The number of aromatic nitrogens is 1. The maximum Gasteiger partial charge on any atom is 0.306 e. The van der Waals surface area contributed by atoms with Crippen LogP contribution in [-0.2, 0) is 9.53 Å². The molecule has 1 unspecified atom stereocenters. The SMILES string of the molecule is O=C(O)CC1CN(c2nccs2)CCO1. The minimum atomic E-state index is -0.819. The molecule has 0 bridgehead atoms. The fraction of sp³-hybridized carbons (Fsp3) is 0.556. The van der Waals surface area contributed by atoms with Crippen molar-refractivity contribution in [3.63, 3.8) is 0 Å². The lowest BCUT2D eigenvalue weighted by Crippen LogP contribution is -2.43. The summed E-state index contributed by atoms with van der Waals surface area (Å²) in [6, 6.07) is 0. The van der Waals surface area contributed by atoms with Crippen LogP contribution in [0.4, 0.5) is 5.13 Å². The van der Waals surface area contributed by atoms with Crippen molar-refractivity contribution in [2.24, 2.45) is 0 Å². The third-order valence-electron chi connectivity index (χ3n) is 2.23. The number of hydrogen-bond acceptors (Lipinski definition) is 5. The van der Waals surface area contributed by atoms with Gasteiger partial charge in [-0.1, -0.05) is 0 Å². The number of aliphatic carboxylic acids is 1. The quantitative estimate of drug-likeness (QED) is 0.830. The summed E-state index contributed by atoms with van der Waals surface area (Å²) in [5.74, 6) is -0.819. The van der Waals surface area contributed by atoms with Crippen molar-refractivity contribution in [3.05, 3.63) is 11.6 Å². The van der Waals surface area contributed by atoms with Crippen LogP contribution >= 0.6 is 11.3 Å². The van der Waals surface area contributed by atoms with Gasteiger partial charge in [0.25, 0.3) is 0 Å². The number of carboxylic acids is 1. The second kappa shape index (κ2) is 4.59. The van der Waals surface area contributed by atoms with Gasteiger partial charge in [0.15, 0.2) is 5.13 Å². The van der Waals surface area contributed by atoms with Gasteiger partial charge in [-0.05, 0) is 0 Å². The number of nitrogens with zero attached hydrogens (tertiary/aromatic N) is 2. The molecule has 5 nitrogen and oxygen atoms in total. The van der Waals surface area contributed by atoms with E-state index in [4.69, 9.17) is 9.84 Å². The lowest BCUT2D eigenvalue weighted by molar-refractivity contribution is -0.140. The highest BCUT2D eigenvalue weighted by molar-refractivity contribution is 7.13. The van der Waals surface area contributed by atoms with Crippen LogP contribution in [0.5, 0.6) is 0 Å². The second-order valence-corrected chi connectivity index (χ2v) is 4.22. The maximum atomic E-state index is 10.5. The Labute approximate surface area is 91.3 Å². The van der Waals surface area contributed by atoms with Gasteiger partial charge >= 0.3 is 5.97 Å². The van der Waals surface area contributed by atoms with Crippen molar-refractivity contribution >= 4 is 22.4 Å². The van der Waals surface area contributed by atoms with E-state index in [-0.39, 0.29) is 12.5 Å². The molecule has 6 heteroatoms. The van der Waals surface area contributed by atoms with Gasteiger partial charge in [-0.3, -0.25) is 4.79 Å². The standard InChI is InChI=1S/C9H12N2O3S/c12-8(13)5-7-6-11(2-3-14-7)9-10-1-4-15-9/h1,4,7H,2-3,5-6H2,(H,12,13). The van der Waals surface area contributed by atoms with Gasteiger partial charge in [-0.25, -0.2) is 4.98 Å². The van der Waals surface area contributed by atoms with Crippen LogP contribution in [0.2, 0.25) is 0 Å². The fourth-order valence-corrected chi connectivity index (χ4v) is 2.26. The van der Waals surface area contributed by atoms with Gasteiger partial charge in [-0.2, -0.15) is 0 Å². The van der Waals surface area contributed by atoms with E-state index in [1.165, 1.54) is 0 Å². The molecular formula is C9H12N2O3S. The third kappa shape index (κ3) is 2.66. The Balaban J connectivity index is 1.95. The molecule has 0 radical (unpaired) electrons. The number of morpholine rings is 1. The Morgan fingerprint density at radius 2 is 2.67 bits per heavy atom. The van der Waals surface area contributed by atoms with Crippen LogP contribution < -0.4 is 4.90 Å². The normalized spacial score (nSPS) is 21.6. The van der Waals surface area contributed by atoms with Gasteiger partial charge < -0.3 is 14.7 Å². The molecule has 2 heterocycles. The summed E-state index contributed by atoms with van der Waals surface area (Å²) in [6.07, 6.45) is 1.59. The summed E-state index contributed by atoms with van der Waals surface area (Å²) < 4.78 is 5.37. The summed E-state index contributed by atoms with van der Waals surface area (Å²) in [6.45, 7) is 1.96. The number of carbonyl (C=O) groups is 1. The smallest absolute Gasteiger partial charge is 0.306 e. The molecule has 1 aromatic rings. The molecule has 82 valence electrons. The lowest BCUT2D eigenvalue weighted by Gasteiger charge is -2.31. The molecule has 1 aromatic heterocycles. The van der Waals surface area contributed by atoms with E-state index in [1.807, 2.05) is 5.38 Å². The first-order valence-electron chi connectivity index (χ1n) is 4.73. The zero-order valence-corrected chi connectivity index (χ0v) is 8.94. The van der Waals surface area contributed by atoms with E-state index < -0.39 is 5.97 Å². The topological polar surface area (TPSA) is 62.7 Å². The Kier molecular flexibility index (Phi) is 3.17. The zero-order chi connectivity index (χ0) is 10.7. The van der Waals surface area contributed by atoms with Crippen molar-refractivity contribution in [1.29, 1.82) is 0 Å². The monoisotopic (exact) mass is 228 g/mol. The molecule has 0 aromatic carbocycles. The van der Waals surface area contributed by atoms with Gasteiger partial charge in [0, 0.05) is 24.7 Å². The predicted molar refractivity (Wildman–Crippen MR) is 56.3 cm³/mol. The summed E-state index contributed by atoms with van der Waals surface area (Å²) in [5.41, 5.74) is 0. The largest absolute Gasteiger partial charge is 0.481 e. The molecule has 1 saturated heterocycles. The summed E-state index contributed by atoms with van der Waals surface area (Å²) >= 11 is 1.56. The molecule has 1 aliphatic rings. The Morgan fingerprint density at radius 1 is 1.80 bits per heavy atom. The van der Waals surface area contributed by atoms with Crippen molar-refractivity contribution in [2.45, 2.75) is 12.5 Å². The number of anilines is 1.